The van der Waals surface area contributed by atoms with Gasteiger partial charge in [-0.2, -0.15) is 0 Å². The molecule has 1 amide bonds. The standard InChI is InChI=1S/C19H16FNO3/c20-16-8-6-15(7-9-16)18-12-17(22)10-11-21(18)19(23)24-13-14-4-2-1-3-5-14/h1-11,18H,12-13H2/t18-/m0/s1. The summed E-state index contributed by atoms with van der Waals surface area (Å²) < 4.78 is 18.4. The van der Waals surface area contributed by atoms with Crippen molar-refractivity contribution in [1.82, 2.24) is 4.90 Å². The van der Waals surface area contributed by atoms with Crippen molar-refractivity contribution in [1.29, 1.82) is 0 Å². The lowest BCUT2D eigenvalue weighted by atomic mass is 9.98. The number of carbonyl (C=O) groups is 2. The van der Waals surface area contributed by atoms with Gasteiger partial charge in [-0.1, -0.05) is 42.5 Å². The average Bonchev–Trinajstić information content (AvgIpc) is 2.61. The molecular weight excluding hydrogens is 309 g/mol. The van der Waals surface area contributed by atoms with Crippen molar-refractivity contribution in [3.05, 3.63) is 83.8 Å². The predicted molar refractivity (Wildman–Crippen MR) is 86.4 cm³/mol. The number of amides is 1. The van der Waals surface area contributed by atoms with Crippen LogP contribution in [0.3, 0.4) is 0 Å². The molecule has 1 heterocycles. The molecule has 1 aliphatic heterocycles. The first-order valence-electron chi connectivity index (χ1n) is 7.59. The van der Waals surface area contributed by atoms with Gasteiger partial charge in [0.15, 0.2) is 5.78 Å². The molecule has 0 saturated carbocycles. The van der Waals surface area contributed by atoms with E-state index in [9.17, 15) is 14.0 Å². The second-order valence-electron chi connectivity index (χ2n) is 5.50. The molecule has 5 heteroatoms. The molecule has 24 heavy (non-hydrogen) atoms. The molecule has 0 N–H and O–H groups in total. The summed E-state index contributed by atoms with van der Waals surface area (Å²) in [6, 6.07) is 14.6. The zero-order chi connectivity index (χ0) is 16.9. The van der Waals surface area contributed by atoms with Crippen LogP contribution in [0, 0.1) is 5.82 Å². The van der Waals surface area contributed by atoms with E-state index in [2.05, 4.69) is 0 Å². The van der Waals surface area contributed by atoms with Crippen LogP contribution in [0.25, 0.3) is 0 Å². The molecular formula is C19H16FNO3. The molecule has 2 aromatic carbocycles. The van der Waals surface area contributed by atoms with Gasteiger partial charge in [-0.3, -0.25) is 9.69 Å². The van der Waals surface area contributed by atoms with Crippen molar-refractivity contribution in [2.75, 3.05) is 0 Å². The highest BCUT2D eigenvalue weighted by atomic mass is 19.1. The van der Waals surface area contributed by atoms with E-state index >= 15 is 0 Å². The van der Waals surface area contributed by atoms with E-state index in [4.69, 9.17) is 4.74 Å². The first kappa shape index (κ1) is 15.9. The average molecular weight is 325 g/mol. The van der Waals surface area contributed by atoms with Crippen LogP contribution in [-0.2, 0) is 16.1 Å². The number of halogens is 1. The SMILES string of the molecule is O=C1C=CN(C(=O)OCc2ccccc2)[C@H](c2ccc(F)cc2)C1. The van der Waals surface area contributed by atoms with Gasteiger partial charge in [-0.25, -0.2) is 9.18 Å². The Hall–Kier alpha value is -2.95. The molecule has 3 rings (SSSR count). The third kappa shape index (κ3) is 3.68. The molecule has 4 nitrogen and oxygen atoms in total. The van der Waals surface area contributed by atoms with Crippen molar-refractivity contribution in [2.45, 2.75) is 19.1 Å². The summed E-state index contributed by atoms with van der Waals surface area (Å²) in [7, 11) is 0. The van der Waals surface area contributed by atoms with Crippen LogP contribution in [-0.4, -0.2) is 16.8 Å². The highest BCUT2D eigenvalue weighted by Gasteiger charge is 2.29. The summed E-state index contributed by atoms with van der Waals surface area (Å²) >= 11 is 0. The van der Waals surface area contributed by atoms with E-state index in [0.29, 0.717) is 5.56 Å². The second kappa shape index (κ2) is 7.08. The van der Waals surface area contributed by atoms with E-state index in [1.54, 1.807) is 12.1 Å². The molecule has 122 valence electrons. The van der Waals surface area contributed by atoms with E-state index in [0.717, 1.165) is 5.56 Å². The minimum absolute atomic E-state index is 0.0866. The fourth-order valence-electron chi connectivity index (χ4n) is 2.57. The van der Waals surface area contributed by atoms with Crippen molar-refractivity contribution < 1.29 is 18.7 Å². The van der Waals surface area contributed by atoms with Crippen LogP contribution in [0.4, 0.5) is 9.18 Å². The summed E-state index contributed by atoms with van der Waals surface area (Å²) in [6.45, 7) is 0.147. The lowest BCUT2D eigenvalue weighted by Gasteiger charge is -2.30. The van der Waals surface area contributed by atoms with Crippen molar-refractivity contribution >= 4 is 11.9 Å². The quantitative estimate of drug-likeness (QED) is 0.857. The second-order valence-corrected chi connectivity index (χ2v) is 5.50. The van der Waals surface area contributed by atoms with Crippen LogP contribution in [0.5, 0.6) is 0 Å². The summed E-state index contributed by atoms with van der Waals surface area (Å²) in [5, 5.41) is 0. The minimum Gasteiger partial charge on any atom is -0.444 e. The molecule has 0 saturated heterocycles. The highest BCUT2D eigenvalue weighted by molar-refractivity contribution is 5.92. The molecule has 0 aliphatic carbocycles. The summed E-state index contributed by atoms with van der Waals surface area (Å²) in [5.41, 5.74) is 1.56. The van der Waals surface area contributed by atoms with Crippen molar-refractivity contribution in [3.8, 4) is 0 Å². The summed E-state index contributed by atoms with van der Waals surface area (Å²) in [5.74, 6) is -0.453. The molecule has 0 fully saturated rings. The Bertz CT molecular complexity index is 756. The summed E-state index contributed by atoms with van der Waals surface area (Å²) in [4.78, 5) is 25.5. The number of benzene rings is 2. The lowest BCUT2D eigenvalue weighted by molar-refractivity contribution is -0.116. The smallest absolute Gasteiger partial charge is 0.414 e. The largest absolute Gasteiger partial charge is 0.444 e. The van der Waals surface area contributed by atoms with Crippen molar-refractivity contribution in [2.24, 2.45) is 0 Å². The third-order valence-corrected chi connectivity index (χ3v) is 3.82. The minimum atomic E-state index is -0.545. The van der Waals surface area contributed by atoms with E-state index in [1.165, 1.54) is 29.3 Å². The number of nitrogens with zero attached hydrogens (tertiary/aromatic N) is 1. The van der Waals surface area contributed by atoms with Gasteiger partial charge in [-0.15, -0.1) is 0 Å². The van der Waals surface area contributed by atoms with Gasteiger partial charge in [0.25, 0.3) is 0 Å². The van der Waals surface area contributed by atoms with Crippen LogP contribution in [0.1, 0.15) is 23.6 Å². The molecule has 0 unspecified atom stereocenters. The van der Waals surface area contributed by atoms with Crippen LogP contribution >= 0.6 is 0 Å². The lowest BCUT2D eigenvalue weighted by Crippen LogP contribution is -2.34. The van der Waals surface area contributed by atoms with Gasteiger partial charge < -0.3 is 4.74 Å². The maximum atomic E-state index is 13.1. The van der Waals surface area contributed by atoms with E-state index in [-0.39, 0.29) is 24.6 Å². The number of carbonyl (C=O) groups excluding carboxylic acids is 2. The number of ether oxygens (including phenoxy) is 1. The molecule has 1 aliphatic rings. The Balaban J connectivity index is 1.75. The Morgan fingerprint density at radius 3 is 2.54 bits per heavy atom. The zero-order valence-corrected chi connectivity index (χ0v) is 12.9. The zero-order valence-electron chi connectivity index (χ0n) is 12.9. The molecule has 0 spiro atoms. The number of hydrogen-bond donors (Lipinski definition) is 0. The maximum absolute atomic E-state index is 13.1. The highest BCUT2D eigenvalue weighted by Crippen LogP contribution is 2.29. The van der Waals surface area contributed by atoms with Crippen molar-refractivity contribution in [3.63, 3.8) is 0 Å². The number of ketones is 1. The van der Waals surface area contributed by atoms with Gasteiger partial charge in [-0.05, 0) is 29.3 Å². The predicted octanol–water partition coefficient (Wildman–Crippen LogP) is 3.99. The Kier molecular flexibility index (Phi) is 4.70. The fourth-order valence-corrected chi connectivity index (χ4v) is 2.57. The van der Waals surface area contributed by atoms with Crippen LogP contribution in [0.2, 0.25) is 0 Å². The number of hydrogen-bond acceptors (Lipinski definition) is 3. The Morgan fingerprint density at radius 2 is 1.83 bits per heavy atom. The molecule has 1 atom stereocenters. The van der Waals surface area contributed by atoms with Gasteiger partial charge in [0.2, 0.25) is 0 Å². The molecule has 0 radical (unpaired) electrons. The molecule has 2 aromatic rings. The normalized spacial score (nSPS) is 17.0. The van der Waals surface area contributed by atoms with Gasteiger partial charge >= 0.3 is 6.09 Å². The van der Waals surface area contributed by atoms with Crippen LogP contribution in [0.15, 0.2) is 66.9 Å². The maximum Gasteiger partial charge on any atom is 0.414 e. The van der Waals surface area contributed by atoms with Gasteiger partial charge in [0, 0.05) is 12.6 Å². The number of allylic oxidation sites excluding steroid dienone is 1. The van der Waals surface area contributed by atoms with Gasteiger partial charge in [0.1, 0.15) is 12.4 Å². The van der Waals surface area contributed by atoms with E-state index < -0.39 is 12.1 Å². The fraction of sp³-hybridized carbons (Fsp3) is 0.158. The Labute approximate surface area is 139 Å². The van der Waals surface area contributed by atoms with E-state index in [1.807, 2.05) is 30.3 Å². The summed E-state index contributed by atoms with van der Waals surface area (Å²) in [6.07, 6.45) is 2.37. The number of rotatable bonds is 3. The first-order chi connectivity index (χ1) is 11.6. The Morgan fingerprint density at radius 1 is 1.12 bits per heavy atom. The molecule has 0 aromatic heterocycles. The molecule has 0 bridgehead atoms. The topological polar surface area (TPSA) is 46.6 Å². The first-order valence-corrected chi connectivity index (χ1v) is 7.59. The van der Waals surface area contributed by atoms with Crippen LogP contribution < -0.4 is 0 Å². The third-order valence-electron chi connectivity index (χ3n) is 3.82. The monoisotopic (exact) mass is 325 g/mol. The van der Waals surface area contributed by atoms with Gasteiger partial charge in [0.05, 0.1) is 6.04 Å².